The van der Waals surface area contributed by atoms with Gasteiger partial charge in [0.2, 0.25) is 0 Å². The molecule has 1 aromatic carbocycles. The molecular weight excluding hydrogens is 296 g/mol. The van der Waals surface area contributed by atoms with Gasteiger partial charge in [-0.25, -0.2) is 0 Å². The molecule has 2 aromatic rings. The smallest absolute Gasteiger partial charge is 0.271 e. The molecule has 0 atom stereocenters. The van der Waals surface area contributed by atoms with E-state index >= 15 is 0 Å². The van der Waals surface area contributed by atoms with E-state index in [9.17, 15) is 15.2 Å². The van der Waals surface area contributed by atoms with E-state index in [-0.39, 0.29) is 17.3 Å². The van der Waals surface area contributed by atoms with E-state index in [1.54, 1.807) is 10.6 Å². The molecule has 0 spiro atoms. The Hall–Kier alpha value is -1.99. The summed E-state index contributed by atoms with van der Waals surface area (Å²) >= 11 is 5.93. The lowest BCUT2D eigenvalue weighted by molar-refractivity contribution is -0.384. The van der Waals surface area contributed by atoms with E-state index in [0.717, 1.165) is 0 Å². The fourth-order valence-corrected chi connectivity index (χ4v) is 2.26. The molecule has 0 saturated carbocycles. The van der Waals surface area contributed by atoms with Crippen LogP contribution in [0.4, 0.5) is 5.69 Å². The standard InChI is InChI=1S/C13H15ClN4O3/c1-8(2)6-17-12(7-19)15-16-13(17)9-3-10(14)5-11(4-9)18(20)21/h3-5,8,19H,6-7H2,1-2H3. The molecule has 0 aliphatic carbocycles. The number of aliphatic hydroxyl groups excluding tert-OH is 1. The Morgan fingerprint density at radius 2 is 2.10 bits per heavy atom. The van der Waals surface area contributed by atoms with Crippen LogP contribution in [0.1, 0.15) is 19.7 Å². The highest BCUT2D eigenvalue weighted by atomic mass is 35.5. The Kier molecular flexibility index (Phi) is 4.54. The minimum absolute atomic E-state index is 0.109. The van der Waals surface area contributed by atoms with Gasteiger partial charge in [0.25, 0.3) is 5.69 Å². The fraction of sp³-hybridized carbons (Fsp3) is 0.385. The van der Waals surface area contributed by atoms with E-state index in [1.165, 1.54) is 12.1 Å². The summed E-state index contributed by atoms with van der Waals surface area (Å²) in [6.45, 7) is 4.39. The predicted molar refractivity (Wildman–Crippen MR) is 77.9 cm³/mol. The highest BCUT2D eigenvalue weighted by molar-refractivity contribution is 6.31. The first-order valence-electron chi connectivity index (χ1n) is 6.40. The van der Waals surface area contributed by atoms with Crippen LogP contribution in [0.25, 0.3) is 11.4 Å². The van der Waals surface area contributed by atoms with Crippen LogP contribution >= 0.6 is 11.6 Å². The van der Waals surface area contributed by atoms with Crippen molar-refractivity contribution in [2.24, 2.45) is 5.92 Å². The highest BCUT2D eigenvalue weighted by Crippen LogP contribution is 2.28. The van der Waals surface area contributed by atoms with Gasteiger partial charge < -0.3 is 9.67 Å². The second-order valence-electron chi connectivity index (χ2n) is 5.06. The van der Waals surface area contributed by atoms with Crippen LogP contribution in [0.3, 0.4) is 0 Å². The molecule has 0 amide bonds. The highest BCUT2D eigenvalue weighted by Gasteiger charge is 2.17. The number of nitrogens with zero attached hydrogens (tertiary/aromatic N) is 4. The van der Waals surface area contributed by atoms with Gasteiger partial charge in [-0.05, 0) is 12.0 Å². The first-order chi connectivity index (χ1) is 9.92. The molecular formula is C13H15ClN4O3. The van der Waals surface area contributed by atoms with Gasteiger partial charge in [0.1, 0.15) is 6.61 Å². The minimum atomic E-state index is -0.508. The van der Waals surface area contributed by atoms with Crippen molar-refractivity contribution in [2.45, 2.75) is 27.0 Å². The summed E-state index contributed by atoms with van der Waals surface area (Å²) < 4.78 is 1.75. The summed E-state index contributed by atoms with van der Waals surface area (Å²) in [7, 11) is 0. The quantitative estimate of drug-likeness (QED) is 0.676. The predicted octanol–water partition coefficient (Wildman–Crippen LogP) is 2.66. The molecule has 1 aromatic heterocycles. The molecule has 7 nitrogen and oxygen atoms in total. The third-order valence-electron chi connectivity index (χ3n) is 2.87. The lowest BCUT2D eigenvalue weighted by Gasteiger charge is -2.12. The third-order valence-corrected chi connectivity index (χ3v) is 3.09. The van der Waals surface area contributed by atoms with Crippen molar-refractivity contribution in [2.75, 3.05) is 0 Å². The molecule has 0 aliphatic rings. The number of hydrogen-bond acceptors (Lipinski definition) is 5. The Morgan fingerprint density at radius 3 is 2.67 bits per heavy atom. The zero-order valence-electron chi connectivity index (χ0n) is 11.7. The Bertz CT molecular complexity index is 669. The maximum Gasteiger partial charge on any atom is 0.271 e. The lowest BCUT2D eigenvalue weighted by Crippen LogP contribution is -2.10. The van der Waals surface area contributed by atoms with Crippen LogP contribution in [0.5, 0.6) is 0 Å². The number of hydrogen-bond donors (Lipinski definition) is 1. The number of aliphatic hydroxyl groups is 1. The van der Waals surface area contributed by atoms with E-state index in [4.69, 9.17) is 11.6 Å². The number of aromatic nitrogens is 3. The van der Waals surface area contributed by atoms with Gasteiger partial charge in [-0.3, -0.25) is 10.1 Å². The molecule has 0 unspecified atom stereocenters. The summed E-state index contributed by atoms with van der Waals surface area (Å²) in [4.78, 5) is 10.4. The van der Waals surface area contributed by atoms with Gasteiger partial charge in [0.15, 0.2) is 11.6 Å². The van der Waals surface area contributed by atoms with Crippen molar-refractivity contribution in [1.82, 2.24) is 14.8 Å². The van der Waals surface area contributed by atoms with Crippen molar-refractivity contribution < 1.29 is 10.0 Å². The van der Waals surface area contributed by atoms with Crippen molar-refractivity contribution in [1.29, 1.82) is 0 Å². The zero-order chi connectivity index (χ0) is 15.6. The molecule has 0 bridgehead atoms. The number of halogens is 1. The molecule has 112 valence electrons. The molecule has 1 heterocycles. The second kappa shape index (κ2) is 6.19. The van der Waals surface area contributed by atoms with Gasteiger partial charge in [-0.15, -0.1) is 10.2 Å². The molecule has 21 heavy (non-hydrogen) atoms. The van der Waals surface area contributed by atoms with Gasteiger partial charge in [0.05, 0.1) is 4.92 Å². The van der Waals surface area contributed by atoms with Gasteiger partial charge >= 0.3 is 0 Å². The van der Waals surface area contributed by atoms with Gasteiger partial charge in [-0.1, -0.05) is 25.4 Å². The maximum atomic E-state index is 10.9. The third kappa shape index (κ3) is 3.37. The molecule has 8 heteroatoms. The van der Waals surface area contributed by atoms with E-state index in [1.807, 2.05) is 13.8 Å². The summed E-state index contributed by atoms with van der Waals surface area (Å²) in [5.74, 6) is 1.18. The Labute approximate surface area is 126 Å². The Morgan fingerprint density at radius 1 is 1.38 bits per heavy atom. The fourth-order valence-electron chi connectivity index (χ4n) is 2.03. The molecule has 1 N–H and O–H groups in total. The number of non-ortho nitro benzene ring substituents is 1. The maximum absolute atomic E-state index is 10.9. The van der Waals surface area contributed by atoms with Crippen LogP contribution in [0, 0.1) is 16.0 Å². The summed E-state index contributed by atoms with van der Waals surface area (Å²) in [5, 5.41) is 28.5. The van der Waals surface area contributed by atoms with Gasteiger partial charge in [-0.2, -0.15) is 0 Å². The van der Waals surface area contributed by atoms with Crippen LogP contribution in [-0.4, -0.2) is 24.8 Å². The van der Waals surface area contributed by atoms with Gasteiger partial charge in [0, 0.05) is 29.3 Å². The molecule has 0 radical (unpaired) electrons. The number of rotatable bonds is 5. The summed E-state index contributed by atoms with van der Waals surface area (Å²) in [6.07, 6.45) is 0. The van der Waals surface area contributed by atoms with E-state index in [2.05, 4.69) is 10.2 Å². The average molecular weight is 311 g/mol. The SMILES string of the molecule is CC(C)Cn1c(CO)nnc1-c1cc(Cl)cc([N+](=O)[O-])c1. The number of benzene rings is 1. The van der Waals surface area contributed by atoms with E-state index in [0.29, 0.717) is 29.7 Å². The average Bonchev–Trinajstić information content (AvgIpc) is 2.80. The van der Waals surface area contributed by atoms with Crippen LogP contribution in [-0.2, 0) is 13.2 Å². The van der Waals surface area contributed by atoms with Crippen molar-refractivity contribution in [3.05, 3.63) is 39.2 Å². The van der Waals surface area contributed by atoms with Crippen LogP contribution in [0.15, 0.2) is 18.2 Å². The minimum Gasteiger partial charge on any atom is -0.388 e. The van der Waals surface area contributed by atoms with E-state index < -0.39 is 4.92 Å². The zero-order valence-corrected chi connectivity index (χ0v) is 12.4. The molecule has 0 aliphatic heterocycles. The monoisotopic (exact) mass is 310 g/mol. The van der Waals surface area contributed by atoms with Crippen molar-refractivity contribution in [3.63, 3.8) is 0 Å². The normalized spacial score (nSPS) is 11.1. The van der Waals surface area contributed by atoms with Crippen LogP contribution < -0.4 is 0 Å². The van der Waals surface area contributed by atoms with Crippen molar-refractivity contribution in [3.8, 4) is 11.4 Å². The second-order valence-corrected chi connectivity index (χ2v) is 5.49. The number of nitro groups is 1. The number of nitro benzene ring substituents is 1. The molecule has 0 fully saturated rings. The molecule has 2 rings (SSSR count). The van der Waals surface area contributed by atoms with Crippen LogP contribution in [0.2, 0.25) is 5.02 Å². The first-order valence-corrected chi connectivity index (χ1v) is 6.78. The first kappa shape index (κ1) is 15.4. The summed E-state index contributed by atoms with van der Waals surface area (Å²) in [5.41, 5.74) is 0.393. The summed E-state index contributed by atoms with van der Waals surface area (Å²) in [6, 6.07) is 4.27. The lowest BCUT2D eigenvalue weighted by atomic mass is 10.1. The van der Waals surface area contributed by atoms with Crippen molar-refractivity contribution >= 4 is 17.3 Å². The molecule has 0 saturated heterocycles. The largest absolute Gasteiger partial charge is 0.388 e. The topological polar surface area (TPSA) is 94.1 Å². The Balaban J connectivity index is 2.56.